The topological polar surface area (TPSA) is 115 Å². The molecule has 0 saturated carbocycles. The van der Waals surface area contributed by atoms with Gasteiger partial charge in [-0.15, -0.1) is 0 Å². The van der Waals surface area contributed by atoms with Crippen molar-refractivity contribution < 1.29 is 30.0 Å². The van der Waals surface area contributed by atoms with Gasteiger partial charge in [0.1, 0.15) is 6.10 Å². The number of hydrogen-bond donors (Lipinski definition) is 4. The Labute approximate surface area is 96.8 Å². The molecule has 1 rings (SSSR count). The minimum atomic E-state index is -1.99. The van der Waals surface area contributed by atoms with Crippen molar-refractivity contribution in [3.63, 3.8) is 0 Å². The van der Waals surface area contributed by atoms with Gasteiger partial charge in [-0.25, -0.2) is 9.59 Å². The number of aromatic carboxylic acids is 1. The second-order valence-electron chi connectivity index (χ2n) is 3.61. The van der Waals surface area contributed by atoms with Gasteiger partial charge in [-0.3, -0.25) is 0 Å². The van der Waals surface area contributed by atoms with E-state index >= 15 is 0 Å². The van der Waals surface area contributed by atoms with Crippen LogP contribution in [0.3, 0.4) is 0 Å². The summed E-state index contributed by atoms with van der Waals surface area (Å²) in [5, 5.41) is 36.1. The Morgan fingerprint density at radius 2 is 1.76 bits per heavy atom. The van der Waals surface area contributed by atoms with Crippen LogP contribution in [0.2, 0.25) is 0 Å². The van der Waals surface area contributed by atoms with Crippen LogP contribution in [0, 0.1) is 6.92 Å². The fourth-order valence-electron chi connectivity index (χ4n) is 1.37. The Balaban J connectivity index is 3.11. The molecular formula is C11H12O6. The number of carbonyl (C=O) groups is 2. The molecule has 0 heterocycles. The molecule has 0 spiro atoms. The summed E-state index contributed by atoms with van der Waals surface area (Å²) in [4.78, 5) is 21.3. The molecule has 0 fully saturated rings. The van der Waals surface area contributed by atoms with Crippen molar-refractivity contribution in [1.82, 2.24) is 0 Å². The fraction of sp³-hybridized carbons (Fsp3) is 0.273. The molecule has 6 heteroatoms. The lowest BCUT2D eigenvalue weighted by atomic mass is 9.99. The minimum absolute atomic E-state index is 0.0425. The average molecular weight is 240 g/mol. The number of carboxylic acids is 2. The first-order valence-corrected chi connectivity index (χ1v) is 4.77. The van der Waals surface area contributed by atoms with E-state index in [0.717, 1.165) is 6.07 Å². The third-order valence-electron chi connectivity index (χ3n) is 2.39. The summed E-state index contributed by atoms with van der Waals surface area (Å²) in [6, 6.07) is 3.96. The van der Waals surface area contributed by atoms with E-state index in [0.29, 0.717) is 5.56 Å². The normalized spacial score (nSPS) is 14.1. The molecule has 0 bridgehead atoms. The molecule has 0 aromatic heterocycles. The summed E-state index contributed by atoms with van der Waals surface area (Å²) in [6.07, 6.45) is -3.65. The van der Waals surface area contributed by atoms with E-state index < -0.39 is 24.1 Å². The Morgan fingerprint density at radius 1 is 1.18 bits per heavy atom. The number of rotatable bonds is 4. The molecule has 6 nitrogen and oxygen atoms in total. The average Bonchev–Trinajstić information content (AvgIpc) is 2.27. The van der Waals surface area contributed by atoms with Crippen LogP contribution in [-0.4, -0.2) is 38.5 Å². The van der Waals surface area contributed by atoms with E-state index in [4.69, 9.17) is 15.3 Å². The van der Waals surface area contributed by atoms with Gasteiger partial charge in [0.05, 0.1) is 5.56 Å². The van der Waals surface area contributed by atoms with Crippen LogP contribution in [0.4, 0.5) is 0 Å². The number of aliphatic carboxylic acids is 1. The smallest absolute Gasteiger partial charge is 0.335 e. The van der Waals surface area contributed by atoms with Gasteiger partial charge in [0.2, 0.25) is 0 Å². The lowest BCUT2D eigenvalue weighted by molar-refractivity contribution is -0.153. The van der Waals surface area contributed by atoms with Crippen LogP contribution < -0.4 is 0 Å². The van der Waals surface area contributed by atoms with Crippen LogP contribution in [-0.2, 0) is 4.79 Å². The molecule has 0 saturated heterocycles. The van der Waals surface area contributed by atoms with E-state index in [9.17, 15) is 14.7 Å². The van der Waals surface area contributed by atoms with E-state index in [2.05, 4.69) is 0 Å². The van der Waals surface area contributed by atoms with Crippen molar-refractivity contribution >= 4 is 11.9 Å². The molecule has 2 atom stereocenters. The van der Waals surface area contributed by atoms with Gasteiger partial charge in [-0.05, 0) is 24.1 Å². The fourth-order valence-corrected chi connectivity index (χ4v) is 1.37. The van der Waals surface area contributed by atoms with Crippen LogP contribution in [0.25, 0.3) is 0 Å². The molecule has 0 amide bonds. The number of carboxylic acid groups (broad SMARTS) is 2. The molecule has 2 unspecified atom stereocenters. The van der Waals surface area contributed by atoms with E-state index in [1.165, 1.54) is 12.1 Å². The van der Waals surface area contributed by atoms with Crippen molar-refractivity contribution in [1.29, 1.82) is 0 Å². The maximum absolute atomic E-state index is 10.8. The summed E-state index contributed by atoms with van der Waals surface area (Å²) in [6.45, 7) is 1.58. The first-order valence-electron chi connectivity index (χ1n) is 4.77. The van der Waals surface area contributed by atoms with Gasteiger partial charge < -0.3 is 20.4 Å². The van der Waals surface area contributed by atoms with Crippen molar-refractivity contribution in [2.75, 3.05) is 0 Å². The molecule has 1 aromatic carbocycles. The number of benzene rings is 1. The van der Waals surface area contributed by atoms with Crippen molar-refractivity contribution in [3.05, 3.63) is 34.9 Å². The minimum Gasteiger partial charge on any atom is -0.479 e. The van der Waals surface area contributed by atoms with E-state index in [1.807, 2.05) is 0 Å². The Hall–Kier alpha value is -1.92. The molecule has 92 valence electrons. The van der Waals surface area contributed by atoms with Gasteiger partial charge in [-0.1, -0.05) is 12.1 Å². The van der Waals surface area contributed by atoms with E-state index in [1.54, 1.807) is 6.92 Å². The third kappa shape index (κ3) is 2.80. The zero-order valence-corrected chi connectivity index (χ0v) is 8.99. The van der Waals surface area contributed by atoms with Crippen LogP contribution in [0.5, 0.6) is 0 Å². The first-order chi connectivity index (χ1) is 7.84. The standard InChI is InChI=1S/C11H12O6/c1-5-2-3-6(4-7(5)10(14)15)8(12)9(13)11(16)17/h2-4,8-9,12-13H,1H3,(H,14,15)(H,16,17). The van der Waals surface area contributed by atoms with E-state index in [-0.39, 0.29) is 11.1 Å². The predicted molar refractivity (Wildman–Crippen MR) is 56.7 cm³/mol. The van der Waals surface area contributed by atoms with Crippen LogP contribution in [0.1, 0.15) is 27.6 Å². The zero-order valence-electron chi connectivity index (χ0n) is 8.99. The Morgan fingerprint density at radius 3 is 2.24 bits per heavy atom. The Kier molecular flexibility index (Phi) is 3.82. The van der Waals surface area contributed by atoms with Gasteiger partial charge >= 0.3 is 11.9 Å². The number of aliphatic hydroxyl groups is 2. The molecule has 0 aliphatic carbocycles. The maximum atomic E-state index is 10.8. The first kappa shape index (κ1) is 13.1. The molecular weight excluding hydrogens is 228 g/mol. The molecule has 17 heavy (non-hydrogen) atoms. The monoisotopic (exact) mass is 240 g/mol. The van der Waals surface area contributed by atoms with Crippen LogP contribution in [0.15, 0.2) is 18.2 Å². The zero-order chi connectivity index (χ0) is 13.2. The highest BCUT2D eigenvalue weighted by Crippen LogP contribution is 2.20. The lowest BCUT2D eigenvalue weighted by Crippen LogP contribution is -2.27. The van der Waals surface area contributed by atoms with Crippen molar-refractivity contribution in [2.45, 2.75) is 19.1 Å². The third-order valence-corrected chi connectivity index (χ3v) is 2.39. The highest BCUT2D eigenvalue weighted by Gasteiger charge is 2.25. The summed E-state index contributed by atoms with van der Waals surface area (Å²) < 4.78 is 0. The van der Waals surface area contributed by atoms with Crippen molar-refractivity contribution in [3.8, 4) is 0 Å². The van der Waals surface area contributed by atoms with Crippen LogP contribution >= 0.6 is 0 Å². The molecule has 0 aliphatic rings. The summed E-state index contributed by atoms with van der Waals surface area (Å²) in [5.41, 5.74) is 0.486. The molecule has 4 N–H and O–H groups in total. The summed E-state index contributed by atoms with van der Waals surface area (Å²) in [7, 11) is 0. The second-order valence-corrected chi connectivity index (χ2v) is 3.61. The number of aliphatic hydroxyl groups excluding tert-OH is 2. The van der Waals surface area contributed by atoms with Crippen molar-refractivity contribution in [2.24, 2.45) is 0 Å². The van der Waals surface area contributed by atoms with Gasteiger partial charge in [0.25, 0.3) is 0 Å². The number of aryl methyl sites for hydroxylation is 1. The maximum Gasteiger partial charge on any atom is 0.335 e. The predicted octanol–water partition coefficient (Wildman–Crippen LogP) is 0.172. The second kappa shape index (κ2) is 4.94. The molecule has 0 aliphatic heterocycles. The van der Waals surface area contributed by atoms with Gasteiger partial charge in [0.15, 0.2) is 6.10 Å². The lowest BCUT2D eigenvalue weighted by Gasteiger charge is -2.15. The SMILES string of the molecule is Cc1ccc(C(O)C(O)C(=O)O)cc1C(=O)O. The quantitative estimate of drug-likeness (QED) is 0.596. The molecule has 1 aromatic rings. The summed E-state index contributed by atoms with van der Waals surface area (Å²) in [5.74, 6) is -2.75. The largest absolute Gasteiger partial charge is 0.479 e. The van der Waals surface area contributed by atoms with Gasteiger partial charge in [-0.2, -0.15) is 0 Å². The highest BCUT2D eigenvalue weighted by molar-refractivity contribution is 5.89. The number of hydrogen-bond acceptors (Lipinski definition) is 4. The Bertz CT molecular complexity index is 453. The summed E-state index contributed by atoms with van der Waals surface area (Å²) >= 11 is 0. The van der Waals surface area contributed by atoms with Gasteiger partial charge in [0, 0.05) is 0 Å². The highest BCUT2D eigenvalue weighted by atomic mass is 16.4. The molecule has 0 radical (unpaired) electrons.